The Morgan fingerprint density at radius 1 is 1.14 bits per heavy atom. The number of anilines is 1. The van der Waals surface area contributed by atoms with Crippen molar-refractivity contribution in [3.8, 4) is 0 Å². The lowest BCUT2D eigenvalue weighted by Gasteiger charge is -2.23. The summed E-state index contributed by atoms with van der Waals surface area (Å²) in [4.78, 5) is 0. The lowest BCUT2D eigenvalue weighted by Crippen LogP contribution is -2.31. The van der Waals surface area contributed by atoms with Crippen molar-refractivity contribution in [2.24, 2.45) is 5.10 Å². The van der Waals surface area contributed by atoms with Crippen LogP contribution in [-0.2, 0) is 25.6 Å². The quantitative estimate of drug-likeness (QED) is 0.585. The van der Waals surface area contributed by atoms with Crippen molar-refractivity contribution in [2.75, 3.05) is 5.43 Å². The Balaban J connectivity index is 1.40. The first-order valence-electron chi connectivity index (χ1n) is 8.95. The molecule has 2 aliphatic heterocycles. The van der Waals surface area contributed by atoms with Crippen LogP contribution in [0.5, 0.6) is 0 Å². The highest BCUT2D eigenvalue weighted by Crippen LogP contribution is 2.38. The van der Waals surface area contributed by atoms with Gasteiger partial charge in [-0.05, 0) is 31.5 Å². The zero-order valence-corrected chi connectivity index (χ0v) is 16.2. The van der Waals surface area contributed by atoms with Crippen molar-refractivity contribution in [3.05, 3.63) is 53.2 Å². The number of aromatic nitrogens is 2. The Hall–Kier alpha value is -2.10. The van der Waals surface area contributed by atoms with E-state index in [9.17, 15) is 0 Å². The molecule has 1 N–H and O–H groups in total. The number of hydrogen-bond donors (Lipinski definition) is 1. The molecule has 1 aromatic carbocycles. The second-order valence-electron chi connectivity index (χ2n) is 6.96. The van der Waals surface area contributed by atoms with E-state index in [1.165, 1.54) is 0 Å². The maximum absolute atomic E-state index is 5.99. The molecule has 3 heterocycles. The molecule has 0 bridgehead atoms. The van der Waals surface area contributed by atoms with Gasteiger partial charge in [-0.15, -0.1) is 10.2 Å². The average molecular weight is 405 g/mol. The molecule has 0 radical (unpaired) electrons. The third-order valence-corrected chi connectivity index (χ3v) is 4.54. The molecule has 2 fully saturated rings. The van der Waals surface area contributed by atoms with Crippen molar-refractivity contribution in [2.45, 2.75) is 50.8 Å². The number of benzene rings is 1. The van der Waals surface area contributed by atoms with Gasteiger partial charge in [-0.2, -0.15) is 5.10 Å². The van der Waals surface area contributed by atoms with Crippen LogP contribution in [0.2, 0.25) is 5.15 Å². The molecule has 28 heavy (non-hydrogen) atoms. The number of nitrogens with one attached hydrogen (secondary N) is 1. The second-order valence-corrected chi connectivity index (χ2v) is 7.35. The van der Waals surface area contributed by atoms with E-state index >= 15 is 0 Å². The number of hydrazone groups is 1. The topological polar surface area (TPSA) is 87.1 Å². The molecule has 148 valence electrons. The Bertz CT molecular complexity index is 818. The largest absolute Gasteiger partial charge is 0.345 e. The van der Waals surface area contributed by atoms with E-state index in [1.807, 2.05) is 44.2 Å². The van der Waals surface area contributed by atoms with E-state index in [1.54, 1.807) is 18.3 Å². The summed E-state index contributed by atoms with van der Waals surface area (Å²) in [5, 5.41) is 12.1. The fourth-order valence-corrected chi connectivity index (χ4v) is 3.25. The van der Waals surface area contributed by atoms with Gasteiger partial charge >= 0.3 is 0 Å². The molecule has 8 nitrogen and oxygen atoms in total. The standard InChI is InChI=1S/C19H21ClN4O4/c1-19(2)27-16-13(10-21-23-15-9-8-14(20)22-24-15)26-18(17(16)28-19)25-11-12-6-4-3-5-7-12/h3-10,13,16-18H,11H2,1-2H3,(H,23,24)/b21-10+/t13-,16-,17-,18-/m1/s1. The van der Waals surface area contributed by atoms with E-state index in [-0.39, 0.29) is 12.2 Å². The van der Waals surface area contributed by atoms with Crippen molar-refractivity contribution >= 4 is 23.6 Å². The zero-order chi connectivity index (χ0) is 19.6. The maximum atomic E-state index is 5.99. The van der Waals surface area contributed by atoms with Gasteiger partial charge in [0.1, 0.15) is 18.3 Å². The summed E-state index contributed by atoms with van der Waals surface area (Å²) in [6.45, 7) is 4.16. The molecule has 0 unspecified atom stereocenters. The van der Waals surface area contributed by atoms with Gasteiger partial charge in [0.25, 0.3) is 0 Å². The predicted molar refractivity (Wildman–Crippen MR) is 103 cm³/mol. The van der Waals surface area contributed by atoms with Crippen LogP contribution in [0.15, 0.2) is 47.6 Å². The van der Waals surface area contributed by atoms with Gasteiger partial charge in [-0.1, -0.05) is 41.9 Å². The number of rotatable bonds is 6. The van der Waals surface area contributed by atoms with E-state index in [0.717, 1.165) is 5.56 Å². The number of fused-ring (bicyclic) bond motifs is 1. The molecule has 4 rings (SSSR count). The van der Waals surface area contributed by atoms with Crippen LogP contribution in [0.4, 0.5) is 5.82 Å². The van der Waals surface area contributed by atoms with Crippen LogP contribution in [0.3, 0.4) is 0 Å². The van der Waals surface area contributed by atoms with Gasteiger partial charge in [-0.25, -0.2) is 0 Å². The molecular formula is C19H21ClN4O4. The minimum absolute atomic E-state index is 0.314. The van der Waals surface area contributed by atoms with Crippen LogP contribution in [-0.4, -0.2) is 46.8 Å². The third kappa shape index (κ3) is 4.48. The molecular weight excluding hydrogens is 384 g/mol. The van der Waals surface area contributed by atoms with Crippen LogP contribution in [0, 0.1) is 0 Å². The van der Waals surface area contributed by atoms with Gasteiger partial charge in [0, 0.05) is 0 Å². The number of ether oxygens (including phenoxy) is 4. The second kappa shape index (κ2) is 8.10. The zero-order valence-electron chi connectivity index (χ0n) is 15.5. The first-order valence-corrected chi connectivity index (χ1v) is 9.33. The Labute approximate surface area is 167 Å². The summed E-state index contributed by atoms with van der Waals surface area (Å²) in [5.74, 6) is -0.245. The summed E-state index contributed by atoms with van der Waals surface area (Å²) in [5.41, 5.74) is 3.85. The molecule has 2 aromatic rings. The molecule has 2 saturated heterocycles. The first kappa shape index (κ1) is 19.2. The lowest BCUT2D eigenvalue weighted by molar-refractivity contribution is -0.228. The van der Waals surface area contributed by atoms with E-state index in [4.69, 9.17) is 30.5 Å². The highest BCUT2D eigenvalue weighted by atomic mass is 35.5. The van der Waals surface area contributed by atoms with Crippen molar-refractivity contribution < 1.29 is 18.9 Å². The fourth-order valence-electron chi connectivity index (χ4n) is 3.15. The summed E-state index contributed by atoms with van der Waals surface area (Å²) < 4.78 is 23.9. The minimum Gasteiger partial charge on any atom is -0.345 e. The Morgan fingerprint density at radius 2 is 1.93 bits per heavy atom. The van der Waals surface area contributed by atoms with Gasteiger partial charge in [-0.3, -0.25) is 5.43 Å². The number of halogens is 1. The van der Waals surface area contributed by atoms with Crippen LogP contribution in [0.25, 0.3) is 0 Å². The molecule has 0 spiro atoms. The smallest absolute Gasteiger partial charge is 0.187 e. The number of hydrogen-bond acceptors (Lipinski definition) is 8. The third-order valence-electron chi connectivity index (χ3n) is 4.34. The fraction of sp³-hybridized carbons (Fsp3) is 0.421. The Morgan fingerprint density at radius 3 is 2.68 bits per heavy atom. The maximum Gasteiger partial charge on any atom is 0.187 e. The monoisotopic (exact) mass is 404 g/mol. The molecule has 2 aliphatic rings. The van der Waals surface area contributed by atoms with Gasteiger partial charge in [0.15, 0.2) is 23.0 Å². The number of nitrogens with zero attached hydrogens (tertiary/aromatic N) is 3. The summed E-state index contributed by atoms with van der Waals surface area (Å²) in [6.07, 6.45) is -0.0351. The summed E-state index contributed by atoms with van der Waals surface area (Å²) in [6, 6.07) is 13.2. The Kier molecular flexibility index (Phi) is 5.56. The van der Waals surface area contributed by atoms with E-state index in [0.29, 0.717) is 17.6 Å². The van der Waals surface area contributed by atoms with Crippen molar-refractivity contribution in [1.29, 1.82) is 0 Å². The molecule has 0 amide bonds. The predicted octanol–water partition coefficient (Wildman–Crippen LogP) is 2.99. The molecule has 1 aromatic heterocycles. The molecule has 4 atom stereocenters. The van der Waals surface area contributed by atoms with Gasteiger partial charge in [0.2, 0.25) is 0 Å². The highest BCUT2D eigenvalue weighted by molar-refractivity contribution is 6.29. The molecule has 0 saturated carbocycles. The van der Waals surface area contributed by atoms with Gasteiger partial charge in [0.05, 0.1) is 12.8 Å². The lowest BCUT2D eigenvalue weighted by atomic mass is 10.1. The van der Waals surface area contributed by atoms with Gasteiger partial charge < -0.3 is 18.9 Å². The van der Waals surface area contributed by atoms with Crippen molar-refractivity contribution in [1.82, 2.24) is 10.2 Å². The van der Waals surface area contributed by atoms with E-state index < -0.39 is 18.2 Å². The first-order chi connectivity index (χ1) is 13.5. The summed E-state index contributed by atoms with van der Waals surface area (Å²) in [7, 11) is 0. The summed E-state index contributed by atoms with van der Waals surface area (Å²) >= 11 is 5.72. The normalized spacial score (nSPS) is 28.5. The van der Waals surface area contributed by atoms with Crippen molar-refractivity contribution in [3.63, 3.8) is 0 Å². The average Bonchev–Trinajstić information content (AvgIpc) is 3.16. The SMILES string of the molecule is CC1(C)O[C@H]2[C@H](OCc3ccccc3)O[C@H](/C=N/Nc3ccc(Cl)nn3)[C@H]2O1. The van der Waals surface area contributed by atoms with E-state index in [2.05, 4.69) is 20.7 Å². The van der Waals surface area contributed by atoms with Crippen LogP contribution < -0.4 is 5.43 Å². The molecule has 0 aliphatic carbocycles. The minimum atomic E-state index is -0.714. The molecule has 9 heteroatoms. The highest BCUT2D eigenvalue weighted by Gasteiger charge is 2.55. The van der Waals surface area contributed by atoms with Crippen LogP contribution >= 0.6 is 11.6 Å². The van der Waals surface area contributed by atoms with Crippen LogP contribution in [0.1, 0.15) is 19.4 Å².